The molecule has 3 rings (SSSR count). The number of carbonyl (C=O) groups excluding carboxylic acids is 1. The lowest BCUT2D eigenvalue weighted by Crippen LogP contribution is -2.48. The predicted octanol–water partition coefficient (Wildman–Crippen LogP) is 3.33. The van der Waals surface area contributed by atoms with Crippen molar-refractivity contribution >= 4 is 11.8 Å². The predicted molar refractivity (Wildman–Crippen MR) is 84.0 cm³/mol. The molecule has 2 aromatic rings. The second-order valence-electron chi connectivity index (χ2n) is 5.49. The number of nitro groups is 1. The lowest BCUT2D eigenvalue weighted by Gasteiger charge is -2.38. The highest BCUT2D eigenvalue weighted by atomic mass is 16.6. The number of ether oxygens (including phenoxy) is 1. The van der Waals surface area contributed by atoms with Gasteiger partial charge in [0.05, 0.1) is 4.92 Å². The minimum atomic E-state index is -0.419. The molecule has 1 aliphatic rings. The van der Waals surface area contributed by atoms with Crippen LogP contribution in [0.1, 0.15) is 17.0 Å². The third-order valence-corrected chi connectivity index (χ3v) is 3.92. The molecular weight excluding hydrogens is 296 g/mol. The van der Waals surface area contributed by atoms with E-state index in [4.69, 9.17) is 4.74 Å². The molecule has 0 bridgehead atoms. The Labute approximate surface area is 133 Å². The van der Waals surface area contributed by atoms with Crippen LogP contribution in [0.3, 0.4) is 0 Å². The van der Waals surface area contributed by atoms with Gasteiger partial charge in [0.25, 0.3) is 5.69 Å². The number of likely N-dealkylation sites (tertiary alicyclic amines) is 1. The van der Waals surface area contributed by atoms with E-state index in [1.54, 1.807) is 17.0 Å². The zero-order valence-electron chi connectivity index (χ0n) is 12.4. The number of benzene rings is 2. The van der Waals surface area contributed by atoms with E-state index in [1.807, 2.05) is 30.3 Å². The van der Waals surface area contributed by atoms with Crippen molar-refractivity contribution in [2.45, 2.75) is 12.5 Å². The van der Waals surface area contributed by atoms with Gasteiger partial charge in [-0.3, -0.25) is 10.1 Å². The van der Waals surface area contributed by atoms with Crippen molar-refractivity contribution in [3.05, 3.63) is 75.8 Å². The van der Waals surface area contributed by atoms with Crippen LogP contribution in [0.25, 0.3) is 0 Å². The van der Waals surface area contributed by atoms with Crippen LogP contribution in [0.15, 0.2) is 54.6 Å². The lowest BCUT2D eigenvalue weighted by molar-refractivity contribution is -0.384. The summed E-state index contributed by atoms with van der Waals surface area (Å²) in [4.78, 5) is 23.8. The highest BCUT2D eigenvalue weighted by Crippen LogP contribution is 2.28. The Bertz CT molecular complexity index is 694. The molecular formula is C17H16N2O4. The Morgan fingerprint density at radius 3 is 2.39 bits per heavy atom. The van der Waals surface area contributed by atoms with Crippen molar-refractivity contribution in [1.82, 2.24) is 4.90 Å². The fourth-order valence-corrected chi connectivity index (χ4v) is 2.52. The number of carbonyl (C=O) groups is 1. The molecule has 1 amide bonds. The summed E-state index contributed by atoms with van der Waals surface area (Å²) in [5.41, 5.74) is 2.03. The number of hydrogen-bond donors (Lipinski definition) is 0. The smallest absolute Gasteiger partial charge is 0.410 e. The van der Waals surface area contributed by atoms with Gasteiger partial charge in [-0.2, -0.15) is 0 Å². The largest absolute Gasteiger partial charge is 0.445 e. The molecule has 0 N–H and O–H groups in total. The summed E-state index contributed by atoms with van der Waals surface area (Å²) in [6, 6.07) is 16.0. The standard InChI is InChI=1S/C17H16N2O4/c20-17(23-12-13-4-2-1-3-5-13)18-10-15(11-18)14-6-8-16(9-7-14)19(21)22/h1-9,15H,10-12H2. The molecule has 0 radical (unpaired) electrons. The number of rotatable bonds is 4. The molecule has 2 aromatic carbocycles. The first kappa shape index (κ1) is 15.0. The fourth-order valence-electron chi connectivity index (χ4n) is 2.52. The van der Waals surface area contributed by atoms with Gasteiger partial charge >= 0.3 is 6.09 Å². The van der Waals surface area contributed by atoms with Gasteiger partial charge in [0.2, 0.25) is 0 Å². The van der Waals surface area contributed by atoms with E-state index in [2.05, 4.69) is 0 Å². The summed E-state index contributed by atoms with van der Waals surface area (Å²) in [6.45, 7) is 1.41. The van der Waals surface area contributed by atoms with Crippen LogP contribution in [0.4, 0.5) is 10.5 Å². The first-order valence-electron chi connectivity index (χ1n) is 7.33. The Morgan fingerprint density at radius 1 is 1.13 bits per heavy atom. The molecule has 1 aliphatic heterocycles. The summed E-state index contributed by atoms with van der Waals surface area (Å²) < 4.78 is 5.26. The van der Waals surface area contributed by atoms with Crippen LogP contribution in [0.5, 0.6) is 0 Å². The lowest BCUT2D eigenvalue weighted by atomic mass is 9.92. The van der Waals surface area contributed by atoms with Gasteiger partial charge < -0.3 is 9.64 Å². The third-order valence-electron chi connectivity index (χ3n) is 3.92. The molecule has 1 heterocycles. The molecule has 0 unspecified atom stereocenters. The van der Waals surface area contributed by atoms with E-state index in [1.165, 1.54) is 12.1 Å². The molecule has 0 aliphatic carbocycles. The second kappa shape index (κ2) is 6.48. The van der Waals surface area contributed by atoms with Crippen molar-refractivity contribution in [1.29, 1.82) is 0 Å². The van der Waals surface area contributed by atoms with E-state index in [-0.39, 0.29) is 24.3 Å². The maximum atomic E-state index is 11.9. The van der Waals surface area contributed by atoms with Crippen molar-refractivity contribution < 1.29 is 14.5 Å². The molecule has 1 saturated heterocycles. The van der Waals surface area contributed by atoms with E-state index in [0.717, 1.165) is 11.1 Å². The number of nitro benzene ring substituents is 1. The van der Waals surface area contributed by atoms with Crippen LogP contribution in [-0.4, -0.2) is 29.0 Å². The maximum Gasteiger partial charge on any atom is 0.410 e. The SMILES string of the molecule is O=C(OCc1ccccc1)N1CC(c2ccc([N+](=O)[O-])cc2)C1. The van der Waals surface area contributed by atoms with Crippen LogP contribution in [-0.2, 0) is 11.3 Å². The molecule has 1 fully saturated rings. The summed E-state index contributed by atoms with van der Waals surface area (Å²) in [5.74, 6) is 0.208. The highest BCUT2D eigenvalue weighted by molar-refractivity contribution is 5.69. The highest BCUT2D eigenvalue weighted by Gasteiger charge is 2.32. The minimum absolute atomic E-state index is 0.0761. The van der Waals surface area contributed by atoms with Gasteiger partial charge in [-0.25, -0.2) is 4.79 Å². The van der Waals surface area contributed by atoms with Crippen molar-refractivity contribution in [2.24, 2.45) is 0 Å². The average molecular weight is 312 g/mol. The molecule has 0 atom stereocenters. The van der Waals surface area contributed by atoms with E-state index >= 15 is 0 Å². The normalized spacial score (nSPS) is 14.2. The van der Waals surface area contributed by atoms with Gasteiger partial charge in [0.15, 0.2) is 0 Å². The van der Waals surface area contributed by atoms with Gasteiger partial charge in [-0.05, 0) is 11.1 Å². The number of nitrogens with zero attached hydrogens (tertiary/aromatic N) is 2. The molecule has 118 valence electrons. The van der Waals surface area contributed by atoms with E-state index in [0.29, 0.717) is 13.1 Å². The number of non-ortho nitro benzene ring substituents is 1. The Hall–Kier alpha value is -2.89. The molecule has 6 heteroatoms. The summed E-state index contributed by atoms with van der Waals surface area (Å²) in [6.07, 6.45) is -0.327. The average Bonchev–Trinajstić information content (AvgIpc) is 2.53. The summed E-state index contributed by atoms with van der Waals surface area (Å²) >= 11 is 0. The molecule has 23 heavy (non-hydrogen) atoms. The molecule has 0 spiro atoms. The summed E-state index contributed by atoms with van der Waals surface area (Å²) in [7, 11) is 0. The second-order valence-corrected chi connectivity index (χ2v) is 5.49. The van der Waals surface area contributed by atoms with Gasteiger partial charge in [-0.15, -0.1) is 0 Å². The van der Waals surface area contributed by atoms with Crippen molar-refractivity contribution in [2.75, 3.05) is 13.1 Å². The van der Waals surface area contributed by atoms with Gasteiger partial charge in [0.1, 0.15) is 6.61 Å². The van der Waals surface area contributed by atoms with Crippen LogP contribution in [0.2, 0.25) is 0 Å². The quantitative estimate of drug-likeness (QED) is 0.641. The van der Waals surface area contributed by atoms with Crippen LogP contribution < -0.4 is 0 Å². The Kier molecular flexibility index (Phi) is 4.23. The number of hydrogen-bond acceptors (Lipinski definition) is 4. The van der Waals surface area contributed by atoms with E-state index in [9.17, 15) is 14.9 Å². The molecule has 0 saturated carbocycles. The Balaban J connectivity index is 1.48. The van der Waals surface area contributed by atoms with Gasteiger partial charge in [-0.1, -0.05) is 42.5 Å². The third kappa shape index (κ3) is 3.48. The Morgan fingerprint density at radius 2 is 1.78 bits per heavy atom. The van der Waals surface area contributed by atoms with E-state index < -0.39 is 4.92 Å². The summed E-state index contributed by atoms with van der Waals surface area (Å²) in [5, 5.41) is 10.6. The molecule has 6 nitrogen and oxygen atoms in total. The monoisotopic (exact) mass is 312 g/mol. The van der Waals surface area contributed by atoms with Crippen molar-refractivity contribution in [3.8, 4) is 0 Å². The fraction of sp³-hybridized carbons (Fsp3) is 0.235. The zero-order chi connectivity index (χ0) is 16.2. The van der Waals surface area contributed by atoms with Gasteiger partial charge in [0, 0.05) is 31.1 Å². The maximum absolute atomic E-state index is 11.9. The minimum Gasteiger partial charge on any atom is -0.445 e. The first-order chi connectivity index (χ1) is 11.1. The van der Waals surface area contributed by atoms with Crippen molar-refractivity contribution in [3.63, 3.8) is 0 Å². The zero-order valence-corrected chi connectivity index (χ0v) is 12.4. The number of amides is 1. The topological polar surface area (TPSA) is 72.7 Å². The van der Waals surface area contributed by atoms with Crippen LogP contribution >= 0.6 is 0 Å². The van der Waals surface area contributed by atoms with Crippen LogP contribution in [0, 0.1) is 10.1 Å². The molecule has 0 aromatic heterocycles. The first-order valence-corrected chi connectivity index (χ1v) is 7.33.